The van der Waals surface area contributed by atoms with Crippen LogP contribution in [0.5, 0.6) is 0 Å². The molecular weight excluding hydrogens is 436 g/mol. The standard InChI is InChI=1S/C18H23ClN4O4S2/c1-22(15-7-10-29(25,26)12-15)16(24)11-28-18-21-20-17(23(18)8-9-27-2)13-3-5-14(19)6-4-13/h3-6,15H,7-12H2,1-2H3. The SMILES string of the molecule is COCCn1c(SCC(=O)N(C)C2CCS(=O)(=O)C2)nnc1-c1ccc(Cl)cc1. The van der Waals surface area contributed by atoms with E-state index in [9.17, 15) is 13.2 Å². The maximum absolute atomic E-state index is 12.6. The van der Waals surface area contributed by atoms with Crippen LogP contribution in [0.1, 0.15) is 6.42 Å². The molecule has 1 fully saturated rings. The molecular formula is C18H23ClN4O4S2. The van der Waals surface area contributed by atoms with Crippen LogP contribution in [0.15, 0.2) is 29.4 Å². The Kier molecular flexibility index (Phi) is 7.20. The smallest absolute Gasteiger partial charge is 0.233 e. The van der Waals surface area contributed by atoms with Gasteiger partial charge in [0, 0.05) is 30.8 Å². The third-order valence-electron chi connectivity index (χ3n) is 4.81. The van der Waals surface area contributed by atoms with Crippen molar-refractivity contribution in [2.75, 3.05) is 38.0 Å². The molecule has 1 aliphatic heterocycles. The monoisotopic (exact) mass is 458 g/mol. The molecule has 2 aromatic rings. The number of hydrogen-bond donors (Lipinski definition) is 0. The number of halogens is 1. The number of carbonyl (C=O) groups excluding carboxylic acids is 1. The van der Waals surface area contributed by atoms with E-state index in [1.165, 1.54) is 16.7 Å². The van der Waals surface area contributed by atoms with E-state index in [2.05, 4.69) is 10.2 Å². The number of amides is 1. The summed E-state index contributed by atoms with van der Waals surface area (Å²) in [5.41, 5.74) is 0.865. The van der Waals surface area contributed by atoms with Gasteiger partial charge in [0.05, 0.1) is 30.4 Å². The highest BCUT2D eigenvalue weighted by Crippen LogP contribution is 2.26. The number of sulfone groups is 1. The van der Waals surface area contributed by atoms with Gasteiger partial charge >= 0.3 is 0 Å². The van der Waals surface area contributed by atoms with Crippen molar-refractivity contribution in [3.05, 3.63) is 29.3 Å². The Labute approximate surface area is 179 Å². The highest BCUT2D eigenvalue weighted by atomic mass is 35.5. The van der Waals surface area contributed by atoms with Crippen LogP contribution < -0.4 is 0 Å². The Balaban J connectivity index is 1.71. The van der Waals surface area contributed by atoms with Crippen molar-refractivity contribution in [2.24, 2.45) is 0 Å². The molecule has 158 valence electrons. The van der Waals surface area contributed by atoms with Gasteiger partial charge in [0.25, 0.3) is 0 Å². The van der Waals surface area contributed by atoms with Gasteiger partial charge in [-0.3, -0.25) is 9.36 Å². The lowest BCUT2D eigenvalue weighted by Crippen LogP contribution is -2.38. The first-order valence-electron chi connectivity index (χ1n) is 9.07. The van der Waals surface area contributed by atoms with Gasteiger partial charge < -0.3 is 9.64 Å². The van der Waals surface area contributed by atoms with E-state index in [-0.39, 0.29) is 29.2 Å². The van der Waals surface area contributed by atoms with Gasteiger partial charge in [0.15, 0.2) is 20.8 Å². The molecule has 8 nitrogen and oxygen atoms in total. The van der Waals surface area contributed by atoms with Crippen molar-refractivity contribution in [3.63, 3.8) is 0 Å². The summed E-state index contributed by atoms with van der Waals surface area (Å²) in [5, 5.41) is 9.76. The normalized spacial score (nSPS) is 18.1. The second-order valence-corrected chi connectivity index (χ2v) is 10.4. The Morgan fingerprint density at radius 2 is 2.07 bits per heavy atom. The van der Waals surface area contributed by atoms with E-state index in [4.69, 9.17) is 16.3 Å². The van der Waals surface area contributed by atoms with Crippen LogP contribution in [0.3, 0.4) is 0 Å². The number of aromatic nitrogens is 3. The number of methoxy groups -OCH3 is 1. The van der Waals surface area contributed by atoms with E-state index in [1.807, 2.05) is 16.7 Å². The Hall–Kier alpha value is -1.62. The molecule has 1 aliphatic rings. The minimum Gasteiger partial charge on any atom is -0.383 e. The summed E-state index contributed by atoms with van der Waals surface area (Å²) < 4.78 is 30.4. The van der Waals surface area contributed by atoms with Crippen molar-refractivity contribution >= 4 is 39.1 Å². The molecule has 2 heterocycles. The summed E-state index contributed by atoms with van der Waals surface area (Å²) in [7, 11) is 0.235. The maximum Gasteiger partial charge on any atom is 0.233 e. The van der Waals surface area contributed by atoms with Crippen molar-refractivity contribution < 1.29 is 17.9 Å². The second-order valence-electron chi connectivity index (χ2n) is 6.81. The third-order valence-corrected chi connectivity index (χ3v) is 7.77. The molecule has 0 saturated carbocycles. The summed E-state index contributed by atoms with van der Waals surface area (Å²) >= 11 is 7.25. The molecule has 11 heteroatoms. The van der Waals surface area contributed by atoms with Gasteiger partial charge in [-0.05, 0) is 30.7 Å². The molecule has 1 aromatic carbocycles. The molecule has 3 rings (SSSR count). The van der Waals surface area contributed by atoms with Gasteiger partial charge in [-0.2, -0.15) is 0 Å². The van der Waals surface area contributed by atoms with Gasteiger partial charge in [0.1, 0.15) is 0 Å². The van der Waals surface area contributed by atoms with Gasteiger partial charge in [0.2, 0.25) is 5.91 Å². The fraction of sp³-hybridized carbons (Fsp3) is 0.500. The van der Waals surface area contributed by atoms with E-state index in [1.54, 1.807) is 26.3 Å². The predicted molar refractivity (Wildman–Crippen MR) is 113 cm³/mol. The number of rotatable bonds is 8. The van der Waals surface area contributed by atoms with Crippen molar-refractivity contribution in [1.82, 2.24) is 19.7 Å². The topological polar surface area (TPSA) is 94.4 Å². The zero-order valence-electron chi connectivity index (χ0n) is 16.2. The molecule has 1 amide bonds. The van der Waals surface area contributed by atoms with Crippen LogP contribution in [0.4, 0.5) is 0 Å². The van der Waals surface area contributed by atoms with E-state index >= 15 is 0 Å². The molecule has 1 saturated heterocycles. The molecule has 1 unspecified atom stereocenters. The Morgan fingerprint density at radius 3 is 2.69 bits per heavy atom. The maximum atomic E-state index is 12.6. The van der Waals surface area contributed by atoms with Crippen molar-refractivity contribution in [1.29, 1.82) is 0 Å². The van der Waals surface area contributed by atoms with Gasteiger partial charge in [-0.15, -0.1) is 10.2 Å². The average molecular weight is 459 g/mol. The van der Waals surface area contributed by atoms with Gasteiger partial charge in [-0.1, -0.05) is 23.4 Å². The van der Waals surface area contributed by atoms with Crippen LogP contribution in [0.25, 0.3) is 11.4 Å². The Morgan fingerprint density at radius 1 is 1.34 bits per heavy atom. The highest BCUT2D eigenvalue weighted by molar-refractivity contribution is 7.99. The number of hydrogen-bond acceptors (Lipinski definition) is 7. The van der Waals surface area contributed by atoms with E-state index in [0.717, 1.165) is 5.56 Å². The van der Waals surface area contributed by atoms with E-state index in [0.29, 0.717) is 35.6 Å². The molecule has 0 radical (unpaired) electrons. The lowest BCUT2D eigenvalue weighted by Gasteiger charge is -2.23. The predicted octanol–water partition coefficient (Wildman–Crippen LogP) is 1.98. The molecule has 0 spiro atoms. The van der Waals surface area contributed by atoms with Crippen LogP contribution in [0.2, 0.25) is 5.02 Å². The zero-order chi connectivity index (χ0) is 21.0. The number of thioether (sulfide) groups is 1. The summed E-state index contributed by atoms with van der Waals surface area (Å²) in [5.74, 6) is 0.858. The number of carbonyl (C=O) groups is 1. The van der Waals surface area contributed by atoms with Crippen LogP contribution in [0, 0.1) is 0 Å². The fourth-order valence-corrected chi connectivity index (χ4v) is 5.89. The molecule has 0 bridgehead atoms. The molecule has 0 aliphatic carbocycles. The lowest BCUT2D eigenvalue weighted by molar-refractivity contribution is -0.128. The number of ether oxygens (including phenoxy) is 1. The molecule has 1 aromatic heterocycles. The highest BCUT2D eigenvalue weighted by Gasteiger charge is 2.32. The zero-order valence-corrected chi connectivity index (χ0v) is 18.6. The summed E-state index contributed by atoms with van der Waals surface area (Å²) in [4.78, 5) is 14.1. The average Bonchev–Trinajstić information content (AvgIpc) is 3.27. The lowest BCUT2D eigenvalue weighted by atomic mass is 10.2. The first-order valence-corrected chi connectivity index (χ1v) is 12.3. The van der Waals surface area contributed by atoms with Crippen LogP contribution in [-0.4, -0.2) is 78.1 Å². The number of benzene rings is 1. The van der Waals surface area contributed by atoms with Crippen LogP contribution in [-0.2, 0) is 25.9 Å². The quantitative estimate of drug-likeness (QED) is 0.558. The minimum absolute atomic E-state index is 0.0324. The largest absolute Gasteiger partial charge is 0.383 e. The second kappa shape index (κ2) is 9.46. The number of nitrogens with zero attached hydrogens (tertiary/aromatic N) is 4. The molecule has 1 atom stereocenters. The van der Waals surface area contributed by atoms with Crippen molar-refractivity contribution in [3.8, 4) is 11.4 Å². The Bertz CT molecular complexity index is 963. The van der Waals surface area contributed by atoms with E-state index < -0.39 is 9.84 Å². The van der Waals surface area contributed by atoms with Crippen LogP contribution >= 0.6 is 23.4 Å². The minimum atomic E-state index is -3.04. The summed E-state index contributed by atoms with van der Waals surface area (Å²) in [6, 6.07) is 7.04. The molecule has 0 N–H and O–H groups in total. The summed E-state index contributed by atoms with van der Waals surface area (Å²) in [6.45, 7) is 1.01. The fourth-order valence-electron chi connectivity index (χ4n) is 3.10. The third kappa shape index (κ3) is 5.50. The molecule has 29 heavy (non-hydrogen) atoms. The first kappa shape index (κ1) is 22.1. The van der Waals surface area contributed by atoms with Crippen molar-refractivity contribution in [2.45, 2.75) is 24.2 Å². The first-order chi connectivity index (χ1) is 13.8. The summed E-state index contributed by atoms with van der Waals surface area (Å²) in [6.07, 6.45) is 0.486. The van der Waals surface area contributed by atoms with Gasteiger partial charge in [-0.25, -0.2) is 8.42 Å².